The van der Waals surface area contributed by atoms with Crippen molar-refractivity contribution in [2.24, 2.45) is 0 Å². The number of hydrogen-bond acceptors (Lipinski definition) is 13. The highest BCUT2D eigenvalue weighted by Gasteiger charge is 2.51. The highest BCUT2D eigenvalue weighted by atomic mass is 16.7. The maximum Gasteiger partial charge on any atom is 0.220 e. The van der Waals surface area contributed by atoms with Crippen LogP contribution in [0.5, 0.6) is 0 Å². The Morgan fingerprint density at radius 1 is 0.411 bits per heavy atom. The van der Waals surface area contributed by atoms with Gasteiger partial charge in [0, 0.05) is 6.42 Å². The molecule has 0 saturated carbocycles. The van der Waals surface area contributed by atoms with E-state index in [9.17, 15) is 45.6 Å². The van der Waals surface area contributed by atoms with Crippen molar-refractivity contribution in [3.63, 3.8) is 0 Å². The molecule has 520 valence electrons. The molecule has 0 aromatic carbocycles. The molecule has 14 nitrogen and oxygen atoms in total. The van der Waals surface area contributed by atoms with Gasteiger partial charge in [-0.2, -0.15) is 0 Å². The fourth-order valence-electron chi connectivity index (χ4n) is 11.5. The van der Waals surface area contributed by atoms with Crippen LogP contribution in [0.25, 0.3) is 0 Å². The van der Waals surface area contributed by atoms with Crippen LogP contribution in [0.3, 0.4) is 0 Å². The lowest BCUT2D eigenvalue weighted by Gasteiger charge is -2.46. The fourth-order valence-corrected chi connectivity index (χ4v) is 11.5. The van der Waals surface area contributed by atoms with E-state index in [0.717, 1.165) is 116 Å². The number of nitrogens with one attached hydrogen (secondary N) is 1. The van der Waals surface area contributed by atoms with E-state index in [-0.39, 0.29) is 18.9 Å². The van der Waals surface area contributed by atoms with Gasteiger partial charge >= 0.3 is 0 Å². The number of ether oxygens (including phenoxy) is 4. The zero-order valence-electron chi connectivity index (χ0n) is 56.6. The van der Waals surface area contributed by atoms with E-state index in [0.29, 0.717) is 12.8 Å². The molecule has 1 amide bonds. The highest BCUT2D eigenvalue weighted by molar-refractivity contribution is 5.76. The summed E-state index contributed by atoms with van der Waals surface area (Å²) in [5, 5.41) is 87.7. The lowest BCUT2D eigenvalue weighted by atomic mass is 9.97. The Labute approximate surface area is 547 Å². The SMILES string of the molecule is CC/C=C\C/C=C\C/C=C\C/C=C\C/C=C\C/C=C\C/C=C\C/C=C\CCCCCCCCC(=O)NC(COC1OC(CO)C(OC2OC(CO)C(O)C(O)C2O)C(O)C1O)C(O)CCCCCCCCCCCCCCCCCCCCCCCCCCC. The number of aliphatic hydroxyl groups is 8. The molecule has 0 aromatic heterocycles. The average molecular weight is 1270 g/mol. The molecule has 2 aliphatic heterocycles. The number of hydrogen-bond donors (Lipinski definition) is 9. The van der Waals surface area contributed by atoms with E-state index in [1.54, 1.807) is 0 Å². The summed E-state index contributed by atoms with van der Waals surface area (Å²) < 4.78 is 22.9. The Balaban J connectivity index is 1.68. The first-order valence-corrected chi connectivity index (χ1v) is 36.5. The minimum atomic E-state index is -1.79. The standard InChI is InChI=1S/C76H133NO13/c1-3-5-7-9-11-13-15-17-19-21-23-25-27-29-30-31-32-33-34-36-38-40-42-44-46-48-50-52-54-56-58-60-68(81)77-64(63-87-75-73(86)71(84)74(67(62-79)89-75)90-76-72(85)70(83)69(82)66(61-78)88-76)65(80)59-57-55-53-51-49-47-45-43-41-39-37-35-28-26-24-22-20-18-16-14-12-10-8-6-4-2/h5,7,11,13,17,19,23,25,29-30,32-33,36,38,42,44,64-67,69-76,78-80,82-86H,3-4,6,8-10,12,14-16,18,20-22,24,26-28,31,34-35,37,39-41,43,45-63H2,1-2H3,(H,77,81)/b7-5-,13-11-,19-17-,25-23-,30-29-,33-32-,38-36-,44-42-. The third-order valence-corrected chi connectivity index (χ3v) is 17.3. The molecule has 90 heavy (non-hydrogen) atoms. The van der Waals surface area contributed by atoms with Gasteiger partial charge < -0.3 is 65.1 Å². The van der Waals surface area contributed by atoms with Crippen molar-refractivity contribution >= 4 is 5.91 Å². The van der Waals surface area contributed by atoms with Gasteiger partial charge in [0.15, 0.2) is 12.6 Å². The normalized spacial score (nSPS) is 23.5. The Kier molecular flexibility index (Phi) is 55.0. The molecule has 2 aliphatic rings. The molecule has 2 fully saturated rings. The summed E-state index contributed by atoms with van der Waals surface area (Å²) in [6.45, 7) is 2.76. The van der Waals surface area contributed by atoms with Crippen molar-refractivity contribution in [1.29, 1.82) is 0 Å². The number of aliphatic hydroxyl groups excluding tert-OH is 8. The Morgan fingerprint density at radius 2 is 0.767 bits per heavy atom. The van der Waals surface area contributed by atoms with E-state index in [2.05, 4.69) is 116 Å². The summed E-state index contributed by atoms with van der Waals surface area (Å²) in [7, 11) is 0. The van der Waals surface area contributed by atoms with E-state index in [1.807, 2.05) is 0 Å². The van der Waals surface area contributed by atoms with Crippen LogP contribution in [-0.4, -0.2) is 140 Å². The van der Waals surface area contributed by atoms with Gasteiger partial charge in [-0.3, -0.25) is 4.79 Å². The molecule has 2 heterocycles. The minimum Gasteiger partial charge on any atom is -0.394 e. The second-order valence-electron chi connectivity index (χ2n) is 25.3. The number of allylic oxidation sites excluding steroid dienone is 16. The van der Waals surface area contributed by atoms with E-state index >= 15 is 0 Å². The van der Waals surface area contributed by atoms with E-state index in [1.165, 1.54) is 135 Å². The van der Waals surface area contributed by atoms with Gasteiger partial charge in [0.05, 0.1) is 32.0 Å². The Morgan fingerprint density at radius 3 is 1.18 bits per heavy atom. The quantitative estimate of drug-likeness (QED) is 0.0204. The van der Waals surface area contributed by atoms with Gasteiger partial charge in [0.25, 0.3) is 0 Å². The largest absolute Gasteiger partial charge is 0.394 e. The molecule has 12 atom stereocenters. The molecule has 0 spiro atoms. The van der Waals surface area contributed by atoms with E-state index in [4.69, 9.17) is 18.9 Å². The molecule has 0 radical (unpaired) electrons. The van der Waals surface area contributed by atoms with Gasteiger partial charge in [-0.25, -0.2) is 0 Å². The Hall–Kier alpha value is -3.09. The monoisotopic (exact) mass is 1270 g/mol. The summed E-state index contributed by atoms with van der Waals surface area (Å²) in [5.74, 6) is -0.222. The second kappa shape index (κ2) is 59.6. The maximum absolute atomic E-state index is 13.4. The van der Waals surface area contributed by atoms with Crippen LogP contribution in [0.1, 0.15) is 284 Å². The molecule has 2 saturated heterocycles. The van der Waals surface area contributed by atoms with Gasteiger partial charge in [0.2, 0.25) is 5.91 Å². The molecular weight excluding hydrogens is 1130 g/mol. The number of rotatable bonds is 59. The third kappa shape index (κ3) is 43.0. The maximum atomic E-state index is 13.4. The van der Waals surface area contributed by atoms with Crippen LogP contribution in [0.4, 0.5) is 0 Å². The second-order valence-corrected chi connectivity index (χ2v) is 25.3. The van der Waals surface area contributed by atoms with Crippen LogP contribution < -0.4 is 5.32 Å². The van der Waals surface area contributed by atoms with Crippen LogP contribution >= 0.6 is 0 Å². The fraction of sp³-hybridized carbons (Fsp3) is 0.776. The van der Waals surface area contributed by atoms with Crippen LogP contribution in [0.15, 0.2) is 97.2 Å². The molecular formula is C76H133NO13. The molecule has 2 rings (SSSR count). The topological polar surface area (TPSA) is 228 Å². The van der Waals surface area contributed by atoms with Crippen molar-refractivity contribution in [3.05, 3.63) is 97.2 Å². The van der Waals surface area contributed by atoms with Crippen molar-refractivity contribution in [2.45, 2.75) is 357 Å². The van der Waals surface area contributed by atoms with Gasteiger partial charge in [-0.1, -0.05) is 297 Å². The molecule has 0 aromatic rings. The number of carbonyl (C=O) groups excluding carboxylic acids is 1. The van der Waals surface area contributed by atoms with Crippen molar-refractivity contribution < 1.29 is 64.6 Å². The Bertz CT molecular complexity index is 1880. The van der Waals surface area contributed by atoms with Crippen LogP contribution in [-0.2, 0) is 23.7 Å². The van der Waals surface area contributed by atoms with Gasteiger partial charge in [0.1, 0.15) is 48.8 Å². The van der Waals surface area contributed by atoms with Crippen molar-refractivity contribution in [3.8, 4) is 0 Å². The summed E-state index contributed by atoms with van der Waals surface area (Å²) in [4.78, 5) is 13.4. The summed E-state index contributed by atoms with van der Waals surface area (Å²) >= 11 is 0. The predicted octanol–water partition coefficient (Wildman–Crippen LogP) is 15.3. The van der Waals surface area contributed by atoms with Gasteiger partial charge in [-0.05, 0) is 77.0 Å². The summed E-state index contributed by atoms with van der Waals surface area (Å²) in [6, 6.07) is -0.846. The minimum absolute atomic E-state index is 0.222. The number of carbonyl (C=O) groups is 1. The number of amides is 1. The zero-order valence-corrected chi connectivity index (χ0v) is 56.6. The number of unbranched alkanes of at least 4 members (excludes halogenated alkanes) is 30. The first-order valence-electron chi connectivity index (χ1n) is 36.5. The molecule has 0 bridgehead atoms. The lowest BCUT2D eigenvalue weighted by Crippen LogP contribution is -2.65. The smallest absolute Gasteiger partial charge is 0.220 e. The molecule has 12 unspecified atom stereocenters. The third-order valence-electron chi connectivity index (χ3n) is 17.3. The molecule has 9 N–H and O–H groups in total. The van der Waals surface area contributed by atoms with Crippen molar-refractivity contribution in [2.75, 3.05) is 19.8 Å². The summed E-state index contributed by atoms with van der Waals surface area (Å²) in [6.07, 6.45) is 67.0. The van der Waals surface area contributed by atoms with Gasteiger partial charge in [-0.15, -0.1) is 0 Å². The first kappa shape index (κ1) is 83.0. The first-order chi connectivity index (χ1) is 44.1. The van der Waals surface area contributed by atoms with Crippen LogP contribution in [0.2, 0.25) is 0 Å². The molecule has 14 heteroatoms. The highest BCUT2D eigenvalue weighted by Crippen LogP contribution is 2.30. The average Bonchev–Trinajstić information content (AvgIpc) is 1.42. The predicted molar refractivity (Wildman–Crippen MR) is 369 cm³/mol. The summed E-state index contributed by atoms with van der Waals surface area (Å²) in [5.41, 5.74) is 0. The molecule has 0 aliphatic carbocycles. The lowest BCUT2D eigenvalue weighted by molar-refractivity contribution is -0.359. The van der Waals surface area contributed by atoms with E-state index < -0.39 is 86.8 Å². The van der Waals surface area contributed by atoms with Crippen molar-refractivity contribution in [1.82, 2.24) is 5.32 Å². The zero-order chi connectivity index (χ0) is 65.2. The van der Waals surface area contributed by atoms with Crippen LogP contribution in [0, 0.1) is 0 Å².